The number of nitrogens with zero attached hydrogens (tertiary/aromatic N) is 1. The Morgan fingerprint density at radius 2 is 2.22 bits per heavy atom. The zero-order valence-electron chi connectivity index (χ0n) is 10.0. The van der Waals surface area contributed by atoms with E-state index in [1.54, 1.807) is 0 Å². The Morgan fingerprint density at radius 1 is 1.50 bits per heavy atom. The van der Waals surface area contributed by atoms with E-state index >= 15 is 0 Å². The molecule has 0 aliphatic rings. The van der Waals surface area contributed by atoms with Crippen LogP contribution in [-0.4, -0.2) is 29.0 Å². The van der Waals surface area contributed by atoms with Gasteiger partial charge in [-0.1, -0.05) is 11.3 Å². The third-order valence-electron chi connectivity index (χ3n) is 2.26. The maximum Gasteiger partial charge on any atom is 0.323 e. The van der Waals surface area contributed by atoms with E-state index in [-0.39, 0.29) is 23.1 Å². The lowest BCUT2D eigenvalue weighted by molar-refractivity contribution is -0.385. The lowest BCUT2D eigenvalue weighted by Crippen LogP contribution is -1.98. The summed E-state index contributed by atoms with van der Waals surface area (Å²) in [5.41, 5.74) is -0.160. The average Bonchev–Trinajstić information content (AvgIpc) is 2.73. The van der Waals surface area contributed by atoms with Gasteiger partial charge in [-0.15, -0.1) is 0 Å². The SMILES string of the molecule is CC(=O)c1cc([N+](=O)[O-])c(OCCCCCO)s1. The zero-order chi connectivity index (χ0) is 13.5. The molecule has 0 bridgehead atoms. The molecule has 0 unspecified atom stereocenters. The maximum atomic E-state index is 11.2. The molecule has 1 N–H and O–H groups in total. The summed E-state index contributed by atoms with van der Waals surface area (Å²) in [4.78, 5) is 21.7. The maximum absolute atomic E-state index is 11.2. The molecule has 100 valence electrons. The summed E-state index contributed by atoms with van der Waals surface area (Å²) in [6.45, 7) is 1.84. The molecular formula is C11H15NO5S. The molecule has 1 heterocycles. The Labute approximate surface area is 108 Å². The number of nitro groups is 1. The van der Waals surface area contributed by atoms with E-state index < -0.39 is 4.92 Å². The number of aliphatic hydroxyl groups excluding tert-OH is 1. The fourth-order valence-electron chi connectivity index (χ4n) is 1.32. The van der Waals surface area contributed by atoms with Crippen molar-refractivity contribution in [3.8, 4) is 5.06 Å². The first kappa shape index (κ1) is 14.6. The van der Waals surface area contributed by atoms with Crippen LogP contribution in [0.2, 0.25) is 0 Å². The number of thiophene rings is 1. The Balaban J connectivity index is 2.63. The van der Waals surface area contributed by atoms with Crippen LogP contribution < -0.4 is 4.74 Å². The number of hydrogen-bond donors (Lipinski definition) is 1. The van der Waals surface area contributed by atoms with Crippen LogP contribution in [-0.2, 0) is 0 Å². The van der Waals surface area contributed by atoms with Crippen molar-refractivity contribution in [2.75, 3.05) is 13.2 Å². The third-order valence-corrected chi connectivity index (χ3v) is 3.40. The molecule has 0 spiro atoms. The molecular weight excluding hydrogens is 258 g/mol. The normalized spacial score (nSPS) is 10.3. The Bertz CT molecular complexity index is 429. The Hall–Kier alpha value is -1.47. The largest absolute Gasteiger partial charge is 0.479 e. The van der Waals surface area contributed by atoms with Crippen LogP contribution in [0.5, 0.6) is 5.06 Å². The number of Topliss-reactive ketones (excluding diaryl/α,β-unsaturated/α-hetero) is 1. The van der Waals surface area contributed by atoms with Crippen LogP contribution in [0.25, 0.3) is 0 Å². The van der Waals surface area contributed by atoms with E-state index in [1.807, 2.05) is 0 Å². The first-order valence-corrected chi connectivity index (χ1v) is 6.40. The first-order valence-electron chi connectivity index (χ1n) is 5.59. The quantitative estimate of drug-likeness (QED) is 0.340. The van der Waals surface area contributed by atoms with Crippen LogP contribution in [0, 0.1) is 10.1 Å². The summed E-state index contributed by atoms with van der Waals surface area (Å²) in [6, 6.07) is 1.25. The summed E-state index contributed by atoms with van der Waals surface area (Å²) in [5.74, 6) is -0.210. The molecule has 0 radical (unpaired) electrons. The molecule has 0 aliphatic carbocycles. The highest BCUT2D eigenvalue weighted by Crippen LogP contribution is 2.37. The molecule has 7 heteroatoms. The van der Waals surface area contributed by atoms with Crippen molar-refractivity contribution in [1.29, 1.82) is 0 Å². The van der Waals surface area contributed by atoms with Gasteiger partial charge in [0, 0.05) is 12.7 Å². The molecule has 0 aromatic carbocycles. The fraction of sp³-hybridized carbons (Fsp3) is 0.545. The number of carbonyl (C=O) groups excluding carboxylic acids is 1. The number of ketones is 1. The molecule has 0 aliphatic heterocycles. The lowest BCUT2D eigenvalue weighted by atomic mass is 10.2. The van der Waals surface area contributed by atoms with Crippen LogP contribution in [0.1, 0.15) is 35.9 Å². The minimum Gasteiger partial charge on any atom is -0.479 e. The van der Waals surface area contributed by atoms with Gasteiger partial charge in [-0.3, -0.25) is 14.9 Å². The van der Waals surface area contributed by atoms with Gasteiger partial charge in [-0.05, 0) is 26.2 Å². The van der Waals surface area contributed by atoms with Gasteiger partial charge < -0.3 is 9.84 Å². The molecule has 0 amide bonds. The number of ether oxygens (including phenoxy) is 1. The lowest BCUT2D eigenvalue weighted by Gasteiger charge is -2.02. The standard InChI is InChI=1S/C11H15NO5S/c1-8(14)10-7-9(12(15)16)11(18-10)17-6-4-2-3-5-13/h7,13H,2-6H2,1H3. The van der Waals surface area contributed by atoms with Crippen molar-refractivity contribution in [2.45, 2.75) is 26.2 Å². The summed E-state index contributed by atoms with van der Waals surface area (Å²) in [5, 5.41) is 19.6. The number of rotatable bonds is 8. The van der Waals surface area contributed by atoms with Crippen LogP contribution in [0.15, 0.2) is 6.07 Å². The van der Waals surface area contributed by atoms with Crippen molar-refractivity contribution in [3.05, 3.63) is 21.1 Å². The number of aliphatic hydroxyl groups is 1. The summed E-state index contributed by atoms with van der Waals surface area (Å²) < 4.78 is 5.32. The van der Waals surface area contributed by atoms with Gasteiger partial charge in [-0.25, -0.2) is 0 Å². The highest BCUT2D eigenvalue weighted by molar-refractivity contribution is 7.16. The molecule has 1 aromatic rings. The van der Waals surface area contributed by atoms with E-state index in [1.165, 1.54) is 13.0 Å². The Morgan fingerprint density at radius 3 is 2.78 bits per heavy atom. The number of hydrogen-bond acceptors (Lipinski definition) is 6. The van der Waals surface area contributed by atoms with E-state index in [2.05, 4.69) is 0 Å². The van der Waals surface area contributed by atoms with Crippen molar-refractivity contribution < 1.29 is 19.6 Å². The minimum atomic E-state index is -0.550. The number of carbonyl (C=O) groups is 1. The van der Waals surface area contributed by atoms with E-state index in [4.69, 9.17) is 9.84 Å². The average molecular weight is 273 g/mol. The topological polar surface area (TPSA) is 89.7 Å². The van der Waals surface area contributed by atoms with Gasteiger partial charge in [0.15, 0.2) is 5.78 Å². The van der Waals surface area contributed by atoms with Gasteiger partial charge >= 0.3 is 5.69 Å². The molecule has 1 rings (SSSR count). The molecule has 18 heavy (non-hydrogen) atoms. The van der Waals surface area contributed by atoms with E-state index in [9.17, 15) is 14.9 Å². The van der Waals surface area contributed by atoms with Crippen molar-refractivity contribution in [1.82, 2.24) is 0 Å². The van der Waals surface area contributed by atoms with Crippen molar-refractivity contribution >= 4 is 22.8 Å². The molecule has 0 fully saturated rings. The fourth-order valence-corrected chi connectivity index (χ4v) is 2.22. The second-order valence-corrected chi connectivity index (χ2v) is 4.74. The number of unbranched alkanes of at least 4 members (excludes halogenated alkanes) is 2. The molecule has 0 saturated carbocycles. The van der Waals surface area contributed by atoms with Crippen molar-refractivity contribution in [3.63, 3.8) is 0 Å². The van der Waals surface area contributed by atoms with Gasteiger partial charge in [0.2, 0.25) is 0 Å². The molecule has 1 aromatic heterocycles. The monoisotopic (exact) mass is 273 g/mol. The second-order valence-electron chi connectivity index (χ2n) is 3.73. The molecule has 0 saturated heterocycles. The molecule has 0 atom stereocenters. The predicted octanol–water partition coefficient (Wildman–Crippen LogP) is 2.40. The second kappa shape index (κ2) is 7.07. The van der Waals surface area contributed by atoms with E-state index in [0.29, 0.717) is 24.3 Å². The van der Waals surface area contributed by atoms with Gasteiger partial charge in [-0.2, -0.15) is 0 Å². The van der Waals surface area contributed by atoms with E-state index in [0.717, 1.165) is 17.8 Å². The van der Waals surface area contributed by atoms with Crippen molar-refractivity contribution in [2.24, 2.45) is 0 Å². The van der Waals surface area contributed by atoms with Crippen LogP contribution in [0.4, 0.5) is 5.69 Å². The predicted molar refractivity (Wildman–Crippen MR) is 67.4 cm³/mol. The van der Waals surface area contributed by atoms with Gasteiger partial charge in [0.05, 0.1) is 16.4 Å². The summed E-state index contributed by atoms with van der Waals surface area (Å²) in [6.07, 6.45) is 2.20. The zero-order valence-corrected chi connectivity index (χ0v) is 10.9. The van der Waals surface area contributed by atoms with Crippen LogP contribution >= 0.6 is 11.3 Å². The summed E-state index contributed by atoms with van der Waals surface area (Å²) in [7, 11) is 0. The Kier molecular flexibility index (Phi) is 5.73. The van der Waals surface area contributed by atoms with Gasteiger partial charge in [0.25, 0.3) is 5.06 Å². The molecule has 6 nitrogen and oxygen atoms in total. The summed E-state index contributed by atoms with van der Waals surface area (Å²) >= 11 is 0.997. The third kappa shape index (κ3) is 4.08. The highest BCUT2D eigenvalue weighted by atomic mass is 32.1. The first-order chi connectivity index (χ1) is 8.56. The van der Waals surface area contributed by atoms with Gasteiger partial charge in [0.1, 0.15) is 0 Å². The smallest absolute Gasteiger partial charge is 0.323 e. The van der Waals surface area contributed by atoms with Crippen LogP contribution in [0.3, 0.4) is 0 Å². The highest BCUT2D eigenvalue weighted by Gasteiger charge is 2.22. The minimum absolute atomic E-state index is 0.133.